The van der Waals surface area contributed by atoms with Crippen molar-refractivity contribution in [2.45, 2.75) is 64.8 Å². The molecule has 0 atom stereocenters. The number of carboxylic acids is 1. The highest BCUT2D eigenvalue weighted by molar-refractivity contribution is 5.89. The van der Waals surface area contributed by atoms with Gasteiger partial charge in [0.1, 0.15) is 29.8 Å². The zero-order valence-electron chi connectivity index (χ0n) is 26.2. The highest BCUT2D eigenvalue weighted by atomic mass is 19.1. The Labute approximate surface area is 272 Å². The fraction of sp³-hybridized carbons (Fsp3) is 0.361. The standard InChI is InChI=1S/C36H35FN6O4/c1-24(17-34(44)45)30-6-7-31-35(41-30)43(23-36(11-12-36)13-14-38)33(40-31)21-42-15-9-27(10-16-42)47-28-4-2-3-26(18-28)22-46-32-8-5-25(20-39)19-29(32)37/h2-8,17-19,27H,9-13,15-16,21-23H2,1H3,(H,44,45)/b24-17+. The lowest BCUT2D eigenvalue weighted by molar-refractivity contribution is -0.131. The third-order valence-corrected chi connectivity index (χ3v) is 8.88. The van der Waals surface area contributed by atoms with Crippen molar-refractivity contribution >= 4 is 22.7 Å². The molecule has 1 aliphatic carbocycles. The number of ether oxygens (including phenoxy) is 2. The molecule has 1 N–H and O–H groups in total. The molecular formula is C36H35FN6O4. The molecule has 0 amide bonds. The van der Waals surface area contributed by atoms with Crippen LogP contribution in [0.1, 0.15) is 61.7 Å². The number of benzene rings is 2. The number of fused-ring (bicyclic) bond motifs is 1. The largest absolute Gasteiger partial charge is 0.490 e. The SMILES string of the molecule is C/C(=C\C(=O)O)c1ccc2nc(CN3CCC(Oc4cccc(COc5ccc(C#N)cc5F)c4)CC3)n(CC3(CC#N)CC3)c2n1. The number of nitrogens with zero attached hydrogens (tertiary/aromatic N) is 6. The predicted molar refractivity (Wildman–Crippen MR) is 172 cm³/mol. The van der Waals surface area contributed by atoms with Crippen LogP contribution in [0, 0.1) is 33.9 Å². The molecule has 2 aromatic heterocycles. The molecule has 2 fully saturated rings. The van der Waals surface area contributed by atoms with Crippen molar-refractivity contribution in [3.63, 3.8) is 0 Å². The second kappa shape index (κ2) is 13.6. The van der Waals surface area contributed by atoms with Crippen LogP contribution in [0.25, 0.3) is 16.7 Å². The lowest BCUT2D eigenvalue weighted by atomic mass is 10.0. The number of pyridine rings is 1. The average molecular weight is 635 g/mol. The van der Waals surface area contributed by atoms with E-state index in [1.807, 2.05) is 36.4 Å². The van der Waals surface area contributed by atoms with Gasteiger partial charge >= 0.3 is 5.97 Å². The fourth-order valence-corrected chi connectivity index (χ4v) is 6.02. The van der Waals surface area contributed by atoms with Crippen LogP contribution < -0.4 is 9.47 Å². The zero-order chi connectivity index (χ0) is 33.0. The zero-order valence-corrected chi connectivity index (χ0v) is 26.2. The number of aliphatic carboxylic acids is 1. The number of rotatable bonds is 12. The summed E-state index contributed by atoms with van der Waals surface area (Å²) in [6, 6.07) is 19.7. The minimum Gasteiger partial charge on any atom is -0.490 e. The van der Waals surface area contributed by atoms with Gasteiger partial charge in [-0.2, -0.15) is 10.5 Å². The fourth-order valence-electron chi connectivity index (χ4n) is 6.02. The molecule has 0 bridgehead atoms. The van der Waals surface area contributed by atoms with Crippen molar-refractivity contribution in [1.29, 1.82) is 10.5 Å². The molecule has 3 heterocycles. The van der Waals surface area contributed by atoms with E-state index in [-0.39, 0.29) is 29.4 Å². The van der Waals surface area contributed by atoms with Gasteiger partial charge < -0.3 is 19.1 Å². The van der Waals surface area contributed by atoms with Gasteiger partial charge in [-0.1, -0.05) is 12.1 Å². The first-order valence-corrected chi connectivity index (χ1v) is 15.7. The maximum Gasteiger partial charge on any atom is 0.328 e. The smallest absolute Gasteiger partial charge is 0.328 e. The van der Waals surface area contributed by atoms with Gasteiger partial charge in [-0.3, -0.25) is 4.90 Å². The Morgan fingerprint density at radius 3 is 2.64 bits per heavy atom. The number of imidazole rings is 1. The van der Waals surface area contributed by atoms with Crippen LogP contribution in [0.2, 0.25) is 0 Å². The van der Waals surface area contributed by atoms with Crippen molar-refractivity contribution in [2.24, 2.45) is 5.41 Å². The van der Waals surface area contributed by atoms with E-state index in [1.165, 1.54) is 12.1 Å². The molecule has 6 rings (SSSR count). The highest BCUT2D eigenvalue weighted by Crippen LogP contribution is 2.50. The number of allylic oxidation sites excluding steroid dienone is 1. The first-order valence-electron chi connectivity index (χ1n) is 15.7. The second-order valence-corrected chi connectivity index (χ2v) is 12.4. The van der Waals surface area contributed by atoms with Gasteiger partial charge in [-0.15, -0.1) is 0 Å². The lowest BCUT2D eigenvalue weighted by Gasteiger charge is -2.32. The van der Waals surface area contributed by atoms with Crippen LogP contribution in [0.3, 0.4) is 0 Å². The van der Waals surface area contributed by atoms with Crippen LogP contribution in [-0.4, -0.2) is 49.7 Å². The molecule has 2 aromatic carbocycles. The molecule has 1 saturated heterocycles. The van der Waals surface area contributed by atoms with Gasteiger partial charge in [0.25, 0.3) is 0 Å². The summed E-state index contributed by atoms with van der Waals surface area (Å²) < 4.78 is 28.3. The molecule has 0 unspecified atom stereocenters. The van der Waals surface area contributed by atoms with Gasteiger partial charge in [0.2, 0.25) is 0 Å². The van der Waals surface area contributed by atoms with Crippen molar-refractivity contribution in [2.75, 3.05) is 13.1 Å². The Balaban J connectivity index is 1.10. The molecule has 1 saturated carbocycles. The molecule has 1 aliphatic heterocycles. The Kier molecular flexibility index (Phi) is 9.19. The monoisotopic (exact) mass is 634 g/mol. The predicted octanol–water partition coefficient (Wildman–Crippen LogP) is 6.25. The summed E-state index contributed by atoms with van der Waals surface area (Å²) in [6.07, 6.45) is 5.30. The van der Waals surface area contributed by atoms with E-state index in [0.29, 0.717) is 36.4 Å². The van der Waals surface area contributed by atoms with Crippen LogP contribution in [0.15, 0.2) is 60.7 Å². The van der Waals surface area contributed by atoms with Crippen molar-refractivity contribution in [1.82, 2.24) is 19.4 Å². The summed E-state index contributed by atoms with van der Waals surface area (Å²) >= 11 is 0. The van der Waals surface area contributed by atoms with Crippen LogP contribution in [0.4, 0.5) is 4.39 Å². The Hall–Kier alpha value is -5.26. The molecular weight excluding hydrogens is 599 g/mol. The number of piperidine rings is 1. The summed E-state index contributed by atoms with van der Waals surface area (Å²) in [6.45, 7) is 4.82. The number of carboxylic acid groups (broad SMARTS) is 1. The minimum atomic E-state index is -1.02. The van der Waals surface area contributed by atoms with Gasteiger partial charge in [0.15, 0.2) is 17.2 Å². The third-order valence-electron chi connectivity index (χ3n) is 8.88. The summed E-state index contributed by atoms with van der Waals surface area (Å²) in [5.41, 5.74) is 3.63. The van der Waals surface area contributed by atoms with E-state index < -0.39 is 11.8 Å². The number of hydrogen-bond donors (Lipinski definition) is 1. The third kappa shape index (κ3) is 7.59. The van der Waals surface area contributed by atoms with E-state index in [9.17, 15) is 19.6 Å². The van der Waals surface area contributed by atoms with Crippen LogP contribution in [0.5, 0.6) is 11.5 Å². The van der Waals surface area contributed by atoms with E-state index >= 15 is 0 Å². The average Bonchev–Trinajstić information content (AvgIpc) is 3.74. The Morgan fingerprint density at radius 2 is 1.94 bits per heavy atom. The molecule has 2 aliphatic rings. The van der Waals surface area contributed by atoms with Gasteiger partial charge in [0.05, 0.1) is 29.9 Å². The molecule has 47 heavy (non-hydrogen) atoms. The number of likely N-dealkylation sites (tertiary alicyclic amines) is 1. The first-order chi connectivity index (χ1) is 22.7. The summed E-state index contributed by atoms with van der Waals surface area (Å²) in [4.78, 5) is 23.4. The number of nitriles is 2. The molecule has 0 radical (unpaired) electrons. The summed E-state index contributed by atoms with van der Waals surface area (Å²) in [5, 5.41) is 27.6. The molecule has 11 heteroatoms. The van der Waals surface area contributed by atoms with Gasteiger partial charge in [-0.25, -0.2) is 19.2 Å². The van der Waals surface area contributed by atoms with Gasteiger partial charge in [-0.05, 0) is 86.2 Å². The van der Waals surface area contributed by atoms with Crippen LogP contribution >= 0.6 is 0 Å². The topological polar surface area (TPSA) is 137 Å². The molecule has 0 spiro atoms. The number of hydrogen-bond acceptors (Lipinski definition) is 8. The van der Waals surface area contributed by atoms with E-state index in [1.54, 1.807) is 13.0 Å². The van der Waals surface area contributed by atoms with Crippen LogP contribution in [-0.2, 0) is 24.5 Å². The maximum absolute atomic E-state index is 14.2. The van der Waals surface area contributed by atoms with Gasteiger partial charge in [0, 0.05) is 37.5 Å². The van der Waals surface area contributed by atoms with Crippen molar-refractivity contribution in [3.8, 4) is 23.6 Å². The van der Waals surface area contributed by atoms with Crippen molar-refractivity contribution < 1.29 is 23.8 Å². The van der Waals surface area contributed by atoms with E-state index in [4.69, 9.17) is 24.7 Å². The number of halogens is 1. The normalized spacial score (nSPS) is 16.4. The maximum atomic E-state index is 14.2. The molecule has 4 aromatic rings. The number of carbonyl (C=O) groups is 1. The highest BCUT2D eigenvalue weighted by Gasteiger charge is 2.43. The molecule has 240 valence electrons. The quantitative estimate of drug-likeness (QED) is 0.179. The second-order valence-electron chi connectivity index (χ2n) is 12.4. The minimum absolute atomic E-state index is 0.0378. The summed E-state index contributed by atoms with van der Waals surface area (Å²) in [5.74, 6) is 0.120. The first kappa shape index (κ1) is 31.7. The van der Waals surface area contributed by atoms with E-state index in [0.717, 1.165) is 73.6 Å². The van der Waals surface area contributed by atoms with E-state index in [2.05, 4.69) is 15.5 Å². The lowest BCUT2D eigenvalue weighted by Crippen LogP contribution is -2.38. The Bertz CT molecular complexity index is 1910. The summed E-state index contributed by atoms with van der Waals surface area (Å²) in [7, 11) is 0. The molecule has 10 nitrogen and oxygen atoms in total. The Morgan fingerprint density at radius 1 is 1.13 bits per heavy atom. The number of aromatic nitrogens is 3. The van der Waals surface area contributed by atoms with Crippen molar-refractivity contribution in [3.05, 3.63) is 89.1 Å².